The lowest BCUT2D eigenvalue weighted by Gasteiger charge is -2.35. The SMILES string of the molecule is Cc1cc2c(cc1Br)C=N[N+]2(C(=O)O)C(C)(C)C. The maximum absolute atomic E-state index is 11.8. The number of carbonyl (C=O) groups is 1. The zero-order valence-corrected chi connectivity index (χ0v) is 12.4. The summed E-state index contributed by atoms with van der Waals surface area (Å²) in [5.41, 5.74) is 2.03. The Morgan fingerprint density at radius 3 is 2.50 bits per heavy atom. The highest BCUT2D eigenvalue weighted by Gasteiger charge is 2.55. The van der Waals surface area contributed by atoms with E-state index in [9.17, 15) is 9.90 Å². The van der Waals surface area contributed by atoms with E-state index in [-0.39, 0.29) is 0 Å². The van der Waals surface area contributed by atoms with Crippen LogP contribution in [-0.2, 0) is 0 Å². The van der Waals surface area contributed by atoms with Gasteiger partial charge in [-0.3, -0.25) is 0 Å². The Hall–Kier alpha value is -1.20. The van der Waals surface area contributed by atoms with Gasteiger partial charge in [-0.25, -0.2) is 0 Å². The van der Waals surface area contributed by atoms with E-state index in [4.69, 9.17) is 0 Å². The molecule has 18 heavy (non-hydrogen) atoms. The maximum atomic E-state index is 11.8. The molecule has 1 heterocycles. The zero-order chi connectivity index (χ0) is 13.7. The Morgan fingerprint density at radius 2 is 2.00 bits per heavy atom. The molecule has 1 aliphatic rings. The molecule has 1 aromatic rings. The standard InChI is InChI=1S/C13H15BrN2O2/c1-8-5-11-9(6-10(8)14)7-15-16(11,12(17)18)13(2,3)4/h5-7H,1-4H3/p+1. The molecule has 96 valence electrons. The summed E-state index contributed by atoms with van der Waals surface area (Å²) in [7, 11) is 0. The fourth-order valence-corrected chi connectivity index (χ4v) is 2.61. The van der Waals surface area contributed by atoms with Crippen LogP contribution in [0.1, 0.15) is 31.9 Å². The lowest BCUT2D eigenvalue weighted by Crippen LogP contribution is -2.60. The van der Waals surface area contributed by atoms with Gasteiger partial charge in [0.05, 0.1) is 11.8 Å². The number of halogens is 1. The summed E-state index contributed by atoms with van der Waals surface area (Å²) in [5.74, 6) is 0. The number of hydrogen-bond donors (Lipinski definition) is 1. The van der Waals surface area contributed by atoms with Gasteiger partial charge in [-0.2, -0.15) is 4.79 Å². The summed E-state index contributed by atoms with van der Waals surface area (Å²) < 4.78 is 0.559. The average molecular weight is 312 g/mol. The van der Waals surface area contributed by atoms with Crippen LogP contribution < -0.4 is 4.59 Å². The van der Waals surface area contributed by atoms with Crippen LogP contribution in [0.2, 0.25) is 0 Å². The third-order valence-corrected chi connectivity index (χ3v) is 4.13. The first-order valence-electron chi connectivity index (χ1n) is 5.69. The fourth-order valence-electron chi connectivity index (χ4n) is 2.25. The van der Waals surface area contributed by atoms with Gasteiger partial charge in [0.15, 0.2) is 5.69 Å². The van der Waals surface area contributed by atoms with E-state index in [1.807, 2.05) is 39.8 Å². The largest absolute Gasteiger partial charge is 0.546 e. The quantitative estimate of drug-likeness (QED) is 0.739. The number of rotatable bonds is 0. The van der Waals surface area contributed by atoms with Crippen LogP contribution >= 0.6 is 15.9 Å². The molecule has 1 amide bonds. The van der Waals surface area contributed by atoms with E-state index in [1.165, 1.54) is 0 Å². The molecule has 2 rings (SSSR count). The Bertz CT molecular complexity index is 561. The highest BCUT2D eigenvalue weighted by atomic mass is 79.9. The van der Waals surface area contributed by atoms with Crippen molar-refractivity contribution in [3.8, 4) is 0 Å². The van der Waals surface area contributed by atoms with Crippen LogP contribution in [0.3, 0.4) is 0 Å². The second-order valence-corrected chi connectivity index (χ2v) is 6.35. The van der Waals surface area contributed by atoms with Gasteiger partial charge in [0.1, 0.15) is 5.54 Å². The summed E-state index contributed by atoms with van der Waals surface area (Å²) in [6.45, 7) is 7.59. The molecular formula is C13H16BrN2O2+. The third-order valence-electron chi connectivity index (χ3n) is 3.27. The first-order chi connectivity index (χ1) is 8.20. The molecule has 0 fully saturated rings. The van der Waals surface area contributed by atoms with Crippen molar-refractivity contribution in [1.82, 2.24) is 4.59 Å². The smallest absolute Gasteiger partial charge is 0.433 e. The normalized spacial score (nSPS) is 22.1. The highest BCUT2D eigenvalue weighted by Crippen LogP contribution is 2.42. The second-order valence-electron chi connectivity index (χ2n) is 5.49. The number of benzene rings is 1. The Kier molecular flexibility index (Phi) is 2.87. The van der Waals surface area contributed by atoms with Crippen molar-refractivity contribution in [3.05, 3.63) is 27.7 Å². The summed E-state index contributed by atoms with van der Waals surface area (Å²) in [4.78, 5) is 11.8. The molecule has 0 radical (unpaired) electrons. The van der Waals surface area contributed by atoms with Crippen LogP contribution in [0, 0.1) is 6.92 Å². The van der Waals surface area contributed by atoms with Crippen molar-refractivity contribution in [1.29, 1.82) is 0 Å². The van der Waals surface area contributed by atoms with E-state index in [0.717, 1.165) is 21.3 Å². The molecule has 5 heteroatoms. The van der Waals surface area contributed by atoms with E-state index in [2.05, 4.69) is 21.0 Å². The first kappa shape index (κ1) is 13.2. The van der Waals surface area contributed by atoms with Crippen LogP contribution in [0.4, 0.5) is 10.5 Å². The lowest BCUT2D eigenvalue weighted by atomic mass is 10.0. The minimum atomic E-state index is -0.959. The Balaban J connectivity index is 2.76. The van der Waals surface area contributed by atoms with Crippen molar-refractivity contribution < 1.29 is 9.90 Å². The number of nitrogens with zero attached hydrogens (tertiary/aromatic N) is 2. The highest BCUT2D eigenvalue weighted by molar-refractivity contribution is 9.10. The molecule has 1 atom stereocenters. The molecule has 0 saturated heterocycles. The summed E-state index contributed by atoms with van der Waals surface area (Å²) in [6.07, 6.45) is 0.679. The molecule has 0 spiro atoms. The molecule has 1 unspecified atom stereocenters. The minimum absolute atomic E-state index is 0.406. The summed E-state index contributed by atoms with van der Waals surface area (Å²) in [6, 6.07) is 3.81. The van der Waals surface area contributed by atoms with Gasteiger partial charge in [-0.15, -0.1) is 0 Å². The topological polar surface area (TPSA) is 49.7 Å². The molecule has 1 aliphatic heterocycles. The van der Waals surface area contributed by atoms with Crippen molar-refractivity contribution in [2.24, 2.45) is 5.10 Å². The third kappa shape index (κ3) is 1.61. The minimum Gasteiger partial charge on any atom is -0.433 e. The monoisotopic (exact) mass is 311 g/mol. The van der Waals surface area contributed by atoms with Crippen LogP contribution in [0.15, 0.2) is 21.7 Å². The number of fused-ring (bicyclic) bond motifs is 1. The van der Waals surface area contributed by atoms with Crippen molar-refractivity contribution >= 4 is 33.9 Å². The van der Waals surface area contributed by atoms with Gasteiger partial charge >= 0.3 is 6.09 Å². The van der Waals surface area contributed by atoms with Crippen molar-refractivity contribution in [3.63, 3.8) is 0 Å². The van der Waals surface area contributed by atoms with Gasteiger partial charge in [0, 0.05) is 10.5 Å². The lowest BCUT2D eigenvalue weighted by molar-refractivity contribution is 0.107. The average Bonchev–Trinajstić information content (AvgIpc) is 2.57. The Morgan fingerprint density at radius 1 is 1.39 bits per heavy atom. The van der Waals surface area contributed by atoms with Crippen LogP contribution in [-0.4, -0.2) is 23.0 Å². The number of carboxylic acid groups (broad SMARTS) is 1. The molecule has 0 aromatic heterocycles. The molecule has 0 saturated carbocycles. The van der Waals surface area contributed by atoms with Gasteiger partial charge < -0.3 is 5.11 Å². The van der Waals surface area contributed by atoms with Gasteiger partial charge in [-0.1, -0.05) is 25.6 Å². The predicted octanol–water partition coefficient (Wildman–Crippen LogP) is 3.89. The van der Waals surface area contributed by atoms with Crippen molar-refractivity contribution in [2.45, 2.75) is 33.2 Å². The predicted molar refractivity (Wildman–Crippen MR) is 76.0 cm³/mol. The molecule has 1 aromatic carbocycles. The number of aryl methyl sites for hydroxylation is 1. The molecule has 0 aliphatic carbocycles. The van der Waals surface area contributed by atoms with E-state index in [1.54, 1.807) is 6.21 Å². The summed E-state index contributed by atoms with van der Waals surface area (Å²) in [5, 5.41) is 13.9. The van der Waals surface area contributed by atoms with Crippen LogP contribution in [0.25, 0.3) is 0 Å². The molecular weight excluding hydrogens is 296 g/mol. The van der Waals surface area contributed by atoms with E-state index in [0.29, 0.717) is 0 Å². The van der Waals surface area contributed by atoms with Gasteiger partial charge in [-0.05, 0) is 39.3 Å². The van der Waals surface area contributed by atoms with E-state index >= 15 is 0 Å². The zero-order valence-electron chi connectivity index (χ0n) is 10.9. The van der Waals surface area contributed by atoms with E-state index < -0.39 is 16.2 Å². The number of hydrogen-bond acceptors (Lipinski definition) is 2. The maximum Gasteiger partial charge on any atom is 0.546 e. The van der Waals surface area contributed by atoms with Gasteiger partial charge in [0.25, 0.3) is 0 Å². The number of amides is 1. The van der Waals surface area contributed by atoms with Crippen LogP contribution in [0.5, 0.6) is 0 Å². The number of quaternary nitrogens is 1. The van der Waals surface area contributed by atoms with Crippen molar-refractivity contribution in [2.75, 3.05) is 0 Å². The summed E-state index contributed by atoms with van der Waals surface area (Å²) >= 11 is 3.46. The fraction of sp³-hybridized carbons (Fsp3) is 0.385. The molecule has 0 bridgehead atoms. The second kappa shape index (κ2) is 3.90. The Labute approximate surface area is 115 Å². The molecule has 1 N–H and O–H groups in total. The molecule has 4 nitrogen and oxygen atoms in total. The first-order valence-corrected chi connectivity index (χ1v) is 6.48. The van der Waals surface area contributed by atoms with Gasteiger partial charge in [0.2, 0.25) is 0 Å².